The van der Waals surface area contributed by atoms with Crippen LogP contribution in [0.15, 0.2) is 18.2 Å². The molecule has 17 heavy (non-hydrogen) atoms. The van der Waals surface area contributed by atoms with Gasteiger partial charge in [-0.1, -0.05) is 24.9 Å². The van der Waals surface area contributed by atoms with Gasteiger partial charge in [-0.25, -0.2) is 0 Å². The molecule has 0 radical (unpaired) electrons. The molecule has 3 N–H and O–H groups in total. The maximum Gasteiger partial charge on any atom is 0.241 e. The van der Waals surface area contributed by atoms with Crippen LogP contribution in [0.5, 0.6) is 0 Å². The minimum Gasteiger partial charge on any atom is -0.325 e. The van der Waals surface area contributed by atoms with Crippen LogP contribution in [0.4, 0.5) is 5.69 Å². The predicted molar refractivity (Wildman–Crippen MR) is 67.7 cm³/mol. The zero-order valence-corrected chi connectivity index (χ0v) is 10.3. The van der Waals surface area contributed by atoms with Crippen molar-refractivity contribution in [2.45, 2.75) is 25.8 Å². The lowest BCUT2D eigenvalue weighted by Gasteiger charge is -2.11. The minimum atomic E-state index is -0.527. The summed E-state index contributed by atoms with van der Waals surface area (Å²) in [4.78, 5) is 11.6. The van der Waals surface area contributed by atoms with Gasteiger partial charge in [0, 0.05) is 5.69 Å². The highest BCUT2D eigenvalue weighted by Gasteiger charge is 2.12. The smallest absolute Gasteiger partial charge is 0.241 e. The average Bonchev–Trinajstić information content (AvgIpc) is 2.31. The Bertz CT molecular complexity index is 454. The van der Waals surface area contributed by atoms with Crippen LogP contribution in [0.2, 0.25) is 5.02 Å². The van der Waals surface area contributed by atoms with Crippen molar-refractivity contribution in [3.63, 3.8) is 0 Å². The number of nitrogens with one attached hydrogen (secondary N) is 1. The molecule has 0 bridgehead atoms. The summed E-state index contributed by atoms with van der Waals surface area (Å²) < 4.78 is 0. The SMILES string of the molecule is CCC[C@@H](N)C(=O)Nc1ccc(Cl)c(C#N)c1. The zero-order chi connectivity index (χ0) is 12.8. The first-order chi connectivity index (χ1) is 8.08. The Morgan fingerprint density at radius 3 is 2.94 bits per heavy atom. The molecule has 4 nitrogen and oxygen atoms in total. The van der Waals surface area contributed by atoms with Gasteiger partial charge in [-0.15, -0.1) is 0 Å². The van der Waals surface area contributed by atoms with Crippen molar-refractivity contribution >= 4 is 23.2 Å². The Balaban J connectivity index is 2.76. The van der Waals surface area contributed by atoms with Crippen molar-refractivity contribution in [1.82, 2.24) is 0 Å². The summed E-state index contributed by atoms with van der Waals surface area (Å²) in [6.07, 6.45) is 1.48. The number of hydrogen-bond acceptors (Lipinski definition) is 3. The molecular weight excluding hydrogens is 238 g/mol. The Hall–Kier alpha value is -1.57. The van der Waals surface area contributed by atoms with Crippen molar-refractivity contribution < 1.29 is 4.79 Å². The van der Waals surface area contributed by atoms with Gasteiger partial charge in [0.25, 0.3) is 0 Å². The predicted octanol–water partition coefficient (Wildman–Crippen LogP) is 2.28. The lowest BCUT2D eigenvalue weighted by Crippen LogP contribution is -2.35. The summed E-state index contributed by atoms with van der Waals surface area (Å²) >= 11 is 5.79. The lowest BCUT2D eigenvalue weighted by atomic mass is 10.1. The van der Waals surface area contributed by atoms with Gasteiger partial charge in [0.1, 0.15) is 6.07 Å². The van der Waals surface area contributed by atoms with Gasteiger partial charge in [-0.05, 0) is 24.6 Å². The Morgan fingerprint density at radius 1 is 1.65 bits per heavy atom. The first kappa shape index (κ1) is 13.5. The number of hydrogen-bond donors (Lipinski definition) is 2. The number of rotatable bonds is 4. The number of nitrogens with two attached hydrogens (primary N) is 1. The Labute approximate surface area is 105 Å². The standard InChI is InChI=1S/C12H14ClN3O/c1-2-3-11(15)12(17)16-9-4-5-10(13)8(6-9)7-14/h4-6,11H,2-3,15H2,1H3,(H,16,17)/t11-/m1/s1. The third-order valence-electron chi connectivity index (χ3n) is 2.29. The van der Waals surface area contributed by atoms with E-state index in [1.807, 2.05) is 13.0 Å². The van der Waals surface area contributed by atoms with Crippen LogP contribution in [-0.2, 0) is 4.79 Å². The number of benzene rings is 1. The summed E-state index contributed by atoms with van der Waals surface area (Å²) in [5, 5.41) is 11.8. The van der Waals surface area contributed by atoms with E-state index >= 15 is 0 Å². The first-order valence-corrected chi connectivity index (χ1v) is 5.72. The van der Waals surface area contributed by atoms with Crippen LogP contribution in [0, 0.1) is 11.3 Å². The van der Waals surface area contributed by atoms with Crippen molar-refractivity contribution in [2.24, 2.45) is 5.73 Å². The van der Waals surface area contributed by atoms with Crippen LogP contribution in [0.3, 0.4) is 0 Å². The largest absolute Gasteiger partial charge is 0.325 e. The number of nitriles is 1. The highest BCUT2D eigenvalue weighted by Crippen LogP contribution is 2.19. The normalized spacial score (nSPS) is 11.6. The topological polar surface area (TPSA) is 78.9 Å². The van der Waals surface area contributed by atoms with Crippen LogP contribution < -0.4 is 11.1 Å². The van der Waals surface area contributed by atoms with Crippen molar-refractivity contribution in [3.05, 3.63) is 28.8 Å². The number of carbonyl (C=O) groups excluding carboxylic acids is 1. The van der Waals surface area contributed by atoms with Gasteiger partial charge in [0.2, 0.25) is 5.91 Å². The Morgan fingerprint density at radius 2 is 2.35 bits per heavy atom. The lowest BCUT2D eigenvalue weighted by molar-refractivity contribution is -0.117. The van der Waals surface area contributed by atoms with E-state index in [9.17, 15) is 4.79 Å². The third kappa shape index (κ3) is 3.74. The molecule has 1 atom stereocenters. The van der Waals surface area contributed by atoms with E-state index in [0.717, 1.165) is 6.42 Å². The summed E-state index contributed by atoms with van der Waals surface area (Å²) in [5.74, 6) is -0.252. The second kappa shape index (κ2) is 6.24. The second-order valence-corrected chi connectivity index (χ2v) is 4.10. The summed E-state index contributed by atoms with van der Waals surface area (Å²) in [6, 6.07) is 6.16. The number of halogens is 1. The van der Waals surface area contributed by atoms with Gasteiger partial charge in [-0.3, -0.25) is 4.79 Å². The zero-order valence-electron chi connectivity index (χ0n) is 9.53. The van der Waals surface area contributed by atoms with Crippen molar-refractivity contribution in [3.8, 4) is 6.07 Å². The molecule has 1 rings (SSSR count). The molecule has 90 valence electrons. The maximum atomic E-state index is 11.6. The summed E-state index contributed by atoms with van der Waals surface area (Å²) in [6.45, 7) is 1.96. The maximum absolute atomic E-state index is 11.6. The van der Waals surface area contributed by atoms with Gasteiger partial charge in [-0.2, -0.15) is 5.26 Å². The minimum absolute atomic E-state index is 0.252. The molecule has 0 saturated carbocycles. The van der Waals surface area contributed by atoms with E-state index in [4.69, 9.17) is 22.6 Å². The van der Waals surface area contributed by atoms with Crippen LogP contribution >= 0.6 is 11.6 Å². The quantitative estimate of drug-likeness (QED) is 0.862. The van der Waals surface area contributed by atoms with Crippen molar-refractivity contribution in [2.75, 3.05) is 5.32 Å². The highest BCUT2D eigenvalue weighted by atomic mass is 35.5. The van der Waals surface area contributed by atoms with Gasteiger partial charge in [0.15, 0.2) is 0 Å². The highest BCUT2D eigenvalue weighted by molar-refractivity contribution is 6.31. The molecule has 1 amide bonds. The van der Waals surface area contributed by atoms with Crippen LogP contribution in [0.25, 0.3) is 0 Å². The van der Waals surface area contributed by atoms with E-state index in [-0.39, 0.29) is 5.91 Å². The van der Waals surface area contributed by atoms with E-state index in [1.54, 1.807) is 12.1 Å². The average molecular weight is 252 g/mol. The summed E-state index contributed by atoms with van der Waals surface area (Å²) in [5.41, 5.74) is 6.53. The molecular formula is C12H14ClN3O. The molecule has 0 fully saturated rings. The van der Waals surface area contributed by atoms with E-state index in [1.165, 1.54) is 6.07 Å². The molecule has 0 unspecified atom stereocenters. The number of anilines is 1. The molecule has 0 aliphatic heterocycles. The fourth-order valence-electron chi connectivity index (χ4n) is 1.37. The second-order valence-electron chi connectivity index (χ2n) is 3.69. The number of nitrogens with zero attached hydrogens (tertiary/aromatic N) is 1. The van der Waals surface area contributed by atoms with E-state index in [2.05, 4.69) is 5.32 Å². The summed E-state index contributed by atoms with van der Waals surface area (Å²) in [7, 11) is 0. The number of carbonyl (C=O) groups is 1. The van der Waals surface area contributed by atoms with Gasteiger partial charge >= 0.3 is 0 Å². The fraction of sp³-hybridized carbons (Fsp3) is 0.333. The molecule has 0 saturated heterocycles. The molecule has 0 spiro atoms. The van der Waals surface area contributed by atoms with Crippen LogP contribution in [-0.4, -0.2) is 11.9 Å². The van der Waals surface area contributed by atoms with E-state index in [0.29, 0.717) is 22.7 Å². The molecule has 5 heteroatoms. The number of amides is 1. The molecule has 1 aromatic rings. The molecule has 0 aliphatic carbocycles. The molecule has 0 aliphatic rings. The third-order valence-corrected chi connectivity index (χ3v) is 2.62. The molecule has 1 aromatic carbocycles. The first-order valence-electron chi connectivity index (χ1n) is 5.34. The molecule has 0 heterocycles. The van der Waals surface area contributed by atoms with E-state index < -0.39 is 6.04 Å². The van der Waals surface area contributed by atoms with Gasteiger partial charge in [0.05, 0.1) is 16.6 Å². The Kier molecular flexibility index (Phi) is 4.95. The molecule has 0 aromatic heterocycles. The van der Waals surface area contributed by atoms with Crippen molar-refractivity contribution in [1.29, 1.82) is 5.26 Å². The monoisotopic (exact) mass is 251 g/mol. The van der Waals surface area contributed by atoms with Crippen LogP contribution in [0.1, 0.15) is 25.3 Å². The fourth-order valence-corrected chi connectivity index (χ4v) is 1.53. The van der Waals surface area contributed by atoms with Gasteiger partial charge < -0.3 is 11.1 Å².